The minimum atomic E-state index is 0.632. The highest BCUT2D eigenvalue weighted by atomic mass is 15.4. The standard InChI is InChI=1S/C17H24N6/c1-5-6-23-9-18-16(19-10-23)22-17-20-13(4)14-7-11(2)12(3)8-15(14)21-17/h7-8H,5-6,9-10H2,1-4H3,(H2,18,19,20,21,22)/p+2. The van der Waals surface area contributed by atoms with Gasteiger partial charge >= 0.3 is 5.96 Å². The second-order valence-corrected chi connectivity index (χ2v) is 6.29. The van der Waals surface area contributed by atoms with Crippen LogP contribution in [0.5, 0.6) is 0 Å². The van der Waals surface area contributed by atoms with E-state index in [1.165, 1.54) is 22.4 Å². The molecular weight excluding hydrogens is 288 g/mol. The molecule has 6 heteroatoms. The van der Waals surface area contributed by atoms with Gasteiger partial charge in [-0.2, -0.15) is 4.98 Å². The Labute approximate surface area is 137 Å². The number of nitrogens with one attached hydrogen (secondary N) is 4. The maximum Gasteiger partial charge on any atom is 0.359 e. The second-order valence-electron chi connectivity index (χ2n) is 6.29. The number of nitrogens with zero attached hydrogens (tertiary/aromatic N) is 2. The predicted octanol–water partition coefficient (Wildman–Crippen LogP) is -0.783. The molecule has 2 heterocycles. The highest BCUT2D eigenvalue weighted by molar-refractivity contribution is 5.89. The summed E-state index contributed by atoms with van der Waals surface area (Å²) in [4.78, 5) is 14.1. The van der Waals surface area contributed by atoms with Crippen LogP contribution in [0, 0.1) is 20.8 Å². The van der Waals surface area contributed by atoms with E-state index >= 15 is 0 Å². The summed E-state index contributed by atoms with van der Waals surface area (Å²) < 4.78 is 0. The third-order valence-electron chi connectivity index (χ3n) is 4.37. The van der Waals surface area contributed by atoms with Crippen molar-refractivity contribution in [3.05, 3.63) is 29.0 Å². The minimum Gasteiger partial charge on any atom is -0.277 e. The van der Waals surface area contributed by atoms with Crippen molar-refractivity contribution in [2.45, 2.75) is 34.1 Å². The summed E-state index contributed by atoms with van der Waals surface area (Å²) in [6, 6.07) is 4.30. The first-order valence-electron chi connectivity index (χ1n) is 8.27. The van der Waals surface area contributed by atoms with Gasteiger partial charge in [0.1, 0.15) is 0 Å². The number of fused-ring (bicyclic) bond motifs is 1. The Bertz CT molecular complexity index is 752. The fourth-order valence-corrected chi connectivity index (χ4v) is 2.88. The molecule has 3 rings (SSSR count). The number of aromatic nitrogens is 2. The molecule has 4 N–H and O–H groups in total. The molecule has 0 radical (unpaired) electrons. The smallest absolute Gasteiger partial charge is 0.277 e. The molecule has 0 bridgehead atoms. The van der Waals surface area contributed by atoms with E-state index in [0.29, 0.717) is 5.95 Å². The van der Waals surface area contributed by atoms with Crippen LogP contribution in [-0.4, -0.2) is 35.8 Å². The van der Waals surface area contributed by atoms with Crippen molar-refractivity contribution in [3.8, 4) is 0 Å². The molecule has 0 fully saturated rings. The highest BCUT2D eigenvalue weighted by Crippen LogP contribution is 2.21. The summed E-state index contributed by atoms with van der Waals surface area (Å²) in [6.07, 6.45) is 1.19. The molecule has 2 aromatic rings. The van der Waals surface area contributed by atoms with Gasteiger partial charge in [0.15, 0.2) is 13.3 Å². The molecule has 1 aliphatic rings. The van der Waals surface area contributed by atoms with Gasteiger partial charge in [-0.1, -0.05) is 6.92 Å². The zero-order chi connectivity index (χ0) is 16.4. The van der Waals surface area contributed by atoms with E-state index in [4.69, 9.17) is 0 Å². The van der Waals surface area contributed by atoms with E-state index < -0.39 is 0 Å². The Balaban J connectivity index is 1.83. The van der Waals surface area contributed by atoms with Crippen LogP contribution >= 0.6 is 0 Å². The van der Waals surface area contributed by atoms with Crippen molar-refractivity contribution in [3.63, 3.8) is 0 Å². The van der Waals surface area contributed by atoms with Gasteiger partial charge in [0.05, 0.1) is 17.8 Å². The quantitative estimate of drug-likeness (QED) is 0.600. The van der Waals surface area contributed by atoms with Crippen LogP contribution in [0.15, 0.2) is 12.1 Å². The first-order valence-corrected chi connectivity index (χ1v) is 8.27. The number of benzene rings is 1. The van der Waals surface area contributed by atoms with Crippen molar-refractivity contribution in [2.24, 2.45) is 0 Å². The molecule has 1 aliphatic heterocycles. The molecule has 1 aromatic carbocycles. The maximum absolute atomic E-state index is 4.66. The Morgan fingerprint density at radius 1 is 1.22 bits per heavy atom. The van der Waals surface area contributed by atoms with E-state index in [9.17, 15) is 0 Å². The van der Waals surface area contributed by atoms with Crippen LogP contribution in [0.4, 0.5) is 5.95 Å². The largest absolute Gasteiger partial charge is 0.359 e. The Kier molecular flexibility index (Phi) is 4.43. The van der Waals surface area contributed by atoms with E-state index in [1.807, 2.05) is 6.92 Å². The van der Waals surface area contributed by atoms with Gasteiger partial charge in [-0.3, -0.25) is 4.90 Å². The van der Waals surface area contributed by atoms with Gasteiger partial charge in [-0.15, -0.1) is 0 Å². The van der Waals surface area contributed by atoms with Crippen molar-refractivity contribution >= 4 is 22.8 Å². The van der Waals surface area contributed by atoms with Crippen LogP contribution in [-0.2, 0) is 0 Å². The first-order chi connectivity index (χ1) is 11.1. The minimum absolute atomic E-state index is 0.632. The normalized spacial score (nSPS) is 17.7. The van der Waals surface area contributed by atoms with E-state index in [0.717, 1.165) is 42.4 Å². The topological polar surface area (TPSA) is 68.2 Å². The lowest BCUT2D eigenvalue weighted by Crippen LogP contribution is -3.24. The molecule has 23 heavy (non-hydrogen) atoms. The van der Waals surface area contributed by atoms with Crippen LogP contribution in [0.1, 0.15) is 30.2 Å². The van der Waals surface area contributed by atoms with E-state index in [1.54, 1.807) is 0 Å². The van der Waals surface area contributed by atoms with Gasteiger partial charge in [0, 0.05) is 5.39 Å². The highest BCUT2D eigenvalue weighted by Gasteiger charge is 2.20. The first kappa shape index (κ1) is 15.7. The molecule has 122 valence electrons. The van der Waals surface area contributed by atoms with Crippen LogP contribution in [0.3, 0.4) is 0 Å². The van der Waals surface area contributed by atoms with E-state index in [-0.39, 0.29) is 0 Å². The number of guanidine groups is 1. The lowest BCUT2D eigenvalue weighted by molar-refractivity contribution is -0.980. The SMILES string of the molecule is CCC[NH+]1CNC(Nc2nc(C)c3cc(C)c(C)cc3n2)=[NH+]C1. The molecule has 1 aromatic heterocycles. The third kappa shape index (κ3) is 3.42. The third-order valence-corrected chi connectivity index (χ3v) is 4.37. The number of rotatable bonds is 3. The molecule has 1 atom stereocenters. The molecule has 0 spiro atoms. The lowest BCUT2D eigenvalue weighted by atomic mass is 10.1. The van der Waals surface area contributed by atoms with Gasteiger partial charge in [-0.25, -0.2) is 20.6 Å². The Morgan fingerprint density at radius 3 is 2.70 bits per heavy atom. The summed E-state index contributed by atoms with van der Waals surface area (Å²) in [5.41, 5.74) is 4.50. The fraction of sp³-hybridized carbons (Fsp3) is 0.471. The number of hydrogen-bond donors (Lipinski definition) is 4. The average molecular weight is 314 g/mol. The molecular formula is C17H26N6+2. The van der Waals surface area contributed by atoms with Gasteiger partial charge in [0.2, 0.25) is 0 Å². The van der Waals surface area contributed by atoms with Crippen LogP contribution < -0.4 is 20.5 Å². The zero-order valence-corrected chi connectivity index (χ0v) is 14.4. The van der Waals surface area contributed by atoms with Crippen molar-refractivity contribution < 1.29 is 9.89 Å². The fourth-order valence-electron chi connectivity index (χ4n) is 2.88. The van der Waals surface area contributed by atoms with E-state index in [2.05, 4.69) is 58.5 Å². The summed E-state index contributed by atoms with van der Waals surface area (Å²) in [7, 11) is 0. The van der Waals surface area contributed by atoms with Crippen molar-refractivity contribution in [1.82, 2.24) is 15.3 Å². The molecule has 0 aliphatic carbocycles. The molecule has 0 saturated heterocycles. The second kappa shape index (κ2) is 6.50. The van der Waals surface area contributed by atoms with Crippen molar-refractivity contribution in [2.75, 3.05) is 25.2 Å². The molecule has 0 amide bonds. The number of hydrogen-bond acceptors (Lipinski definition) is 4. The summed E-state index contributed by atoms with van der Waals surface area (Å²) in [5.74, 6) is 1.51. The zero-order valence-electron chi connectivity index (χ0n) is 14.4. The van der Waals surface area contributed by atoms with Gasteiger partial charge < -0.3 is 0 Å². The van der Waals surface area contributed by atoms with Crippen LogP contribution in [0.2, 0.25) is 0 Å². The summed E-state index contributed by atoms with van der Waals surface area (Å²) in [6.45, 7) is 11.5. The van der Waals surface area contributed by atoms with Crippen molar-refractivity contribution in [1.29, 1.82) is 0 Å². The maximum atomic E-state index is 4.66. The molecule has 0 saturated carbocycles. The average Bonchev–Trinajstić information content (AvgIpc) is 2.52. The monoisotopic (exact) mass is 314 g/mol. The summed E-state index contributed by atoms with van der Waals surface area (Å²) in [5, 5.41) is 7.75. The van der Waals surface area contributed by atoms with Gasteiger partial charge in [0.25, 0.3) is 5.95 Å². The number of quaternary nitrogens is 1. The number of aryl methyl sites for hydroxylation is 3. The Morgan fingerprint density at radius 2 is 2.00 bits per heavy atom. The number of anilines is 1. The molecule has 1 unspecified atom stereocenters. The van der Waals surface area contributed by atoms with Crippen LogP contribution in [0.25, 0.3) is 10.9 Å². The predicted molar refractivity (Wildman–Crippen MR) is 92.3 cm³/mol. The Hall–Kier alpha value is -2.21. The molecule has 6 nitrogen and oxygen atoms in total. The van der Waals surface area contributed by atoms with Gasteiger partial charge in [-0.05, 0) is 50.5 Å². The lowest BCUT2D eigenvalue weighted by Gasteiger charge is -2.19. The summed E-state index contributed by atoms with van der Waals surface area (Å²) >= 11 is 0.